The zero-order chi connectivity index (χ0) is 18.3. The molecule has 0 aliphatic heterocycles. The molecule has 0 saturated heterocycles. The average Bonchev–Trinajstić information content (AvgIpc) is 3.38. The molecule has 1 unspecified atom stereocenters. The van der Waals surface area contributed by atoms with Crippen LogP contribution in [0.25, 0.3) is 0 Å². The van der Waals surface area contributed by atoms with Crippen molar-refractivity contribution >= 4 is 11.8 Å². The topological polar surface area (TPSA) is 54.4 Å². The molecule has 6 rings (SSSR count). The van der Waals surface area contributed by atoms with E-state index in [1.807, 2.05) is 0 Å². The summed E-state index contributed by atoms with van der Waals surface area (Å²) in [6.07, 6.45) is 8.33. The predicted molar refractivity (Wildman–Crippen MR) is 102 cm³/mol. The third-order valence-electron chi connectivity index (χ3n) is 7.43. The first-order valence-electron chi connectivity index (χ1n) is 10.1. The standard InChI is InChI=1S/C24H22O3/c25-22-19-9-14-4-1-3-13(14)7-16(19)10-24(22)11-17-8-15-5-2-6-18(15)21(23(26)27)20(17)12-24/h7-9H,1-6,10-12H2,(H,26,27). The van der Waals surface area contributed by atoms with Gasteiger partial charge in [0, 0.05) is 11.0 Å². The highest BCUT2D eigenvalue weighted by Gasteiger charge is 2.50. The molecule has 0 amide bonds. The van der Waals surface area contributed by atoms with Gasteiger partial charge in [0.25, 0.3) is 0 Å². The molecule has 0 radical (unpaired) electrons. The molecule has 0 aromatic heterocycles. The highest BCUT2D eigenvalue weighted by atomic mass is 16.4. The smallest absolute Gasteiger partial charge is 0.336 e. The molecule has 4 aliphatic carbocycles. The molecule has 136 valence electrons. The van der Waals surface area contributed by atoms with Crippen molar-refractivity contribution in [2.45, 2.75) is 57.8 Å². The Morgan fingerprint density at radius 2 is 1.44 bits per heavy atom. The third kappa shape index (κ3) is 1.97. The van der Waals surface area contributed by atoms with E-state index in [1.165, 1.54) is 28.7 Å². The van der Waals surface area contributed by atoms with Crippen LogP contribution in [0.15, 0.2) is 18.2 Å². The van der Waals surface area contributed by atoms with Crippen molar-refractivity contribution in [1.82, 2.24) is 0 Å². The second kappa shape index (κ2) is 5.09. The van der Waals surface area contributed by atoms with Crippen LogP contribution in [0, 0.1) is 5.41 Å². The summed E-state index contributed by atoms with van der Waals surface area (Å²) in [6.45, 7) is 0. The minimum Gasteiger partial charge on any atom is -0.478 e. The lowest BCUT2D eigenvalue weighted by molar-refractivity contribution is 0.0692. The van der Waals surface area contributed by atoms with Crippen LogP contribution in [-0.2, 0) is 44.9 Å². The van der Waals surface area contributed by atoms with Crippen molar-refractivity contribution in [3.05, 3.63) is 68.3 Å². The number of aromatic carboxylic acids is 1. The van der Waals surface area contributed by atoms with Crippen LogP contribution < -0.4 is 0 Å². The van der Waals surface area contributed by atoms with Crippen molar-refractivity contribution in [3.8, 4) is 0 Å². The zero-order valence-electron chi connectivity index (χ0n) is 15.4. The lowest BCUT2D eigenvalue weighted by atomic mass is 9.80. The maximum absolute atomic E-state index is 13.5. The van der Waals surface area contributed by atoms with Gasteiger partial charge in [0.2, 0.25) is 0 Å². The maximum Gasteiger partial charge on any atom is 0.336 e. The van der Waals surface area contributed by atoms with Gasteiger partial charge in [-0.2, -0.15) is 0 Å². The summed E-state index contributed by atoms with van der Waals surface area (Å²) in [5.74, 6) is -0.566. The van der Waals surface area contributed by atoms with Gasteiger partial charge in [-0.1, -0.05) is 12.1 Å². The van der Waals surface area contributed by atoms with Crippen molar-refractivity contribution < 1.29 is 14.7 Å². The largest absolute Gasteiger partial charge is 0.478 e. The molecule has 0 heterocycles. The summed E-state index contributed by atoms with van der Waals surface area (Å²) in [5, 5.41) is 9.91. The first-order chi connectivity index (χ1) is 13.1. The quantitative estimate of drug-likeness (QED) is 0.841. The van der Waals surface area contributed by atoms with Gasteiger partial charge < -0.3 is 5.11 Å². The summed E-state index contributed by atoms with van der Waals surface area (Å²) in [6, 6.07) is 6.64. The molecule has 2 aromatic carbocycles. The number of carbonyl (C=O) groups excluding carboxylic acids is 1. The van der Waals surface area contributed by atoms with E-state index >= 15 is 0 Å². The molecule has 4 aliphatic rings. The van der Waals surface area contributed by atoms with E-state index in [0.29, 0.717) is 18.4 Å². The molecular formula is C24H22O3. The normalized spacial score (nSPS) is 24.2. The summed E-state index contributed by atoms with van der Waals surface area (Å²) in [5.41, 5.74) is 9.22. The number of rotatable bonds is 1. The van der Waals surface area contributed by atoms with E-state index in [4.69, 9.17) is 0 Å². The van der Waals surface area contributed by atoms with Gasteiger partial charge in [-0.25, -0.2) is 4.79 Å². The van der Waals surface area contributed by atoms with Crippen LogP contribution in [0.3, 0.4) is 0 Å². The molecule has 1 spiro atoms. The number of hydrogen-bond acceptors (Lipinski definition) is 2. The Kier molecular flexibility index (Phi) is 2.95. The Morgan fingerprint density at radius 1 is 0.778 bits per heavy atom. The van der Waals surface area contributed by atoms with E-state index in [2.05, 4.69) is 18.2 Å². The van der Waals surface area contributed by atoms with Crippen LogP contribution in [0.5, 0.6) is 0 Å². The average molecular weight is 358 g/mol. The number of Topliss-reactive ketones (excluding diaryl/α,β-unsaturated/α-hetero) is 1. The molecule has 3 nitrogen and oxygen atoms in total. The molecule has 0 bridgehead atoms. The number of fused-ring (bicyclic) bond motifs is 4. The number of ketones is 1. The van der Waals surface area contributed by atoms with Gasteiger partial charge in [0.1, 0.15) is 0 Å². The van der Waals surface area contributed by atoms with E-state index in [9.17, 15) is 14.7 Å². The van der Waals surface area contributed by atoms with Crippen LogP contribution in [0.4, 0.5) is 0 Å². The predicted octanol–water partition coefficient (Wildman–Crippen LogP) is 3.89. The van der Waals surface area contributed by atoms with Crippen LogP contribution >= 0.6 is 0 Å². The Bertz CT molecular complexity index is 1060. The van der Waals surface area contributed by atoms with Crippen LogP contribution in [-0.4, -0.2) is 16.9 Å². The summed E-state index contributed by atoms with van der Waals surface area (Å²) < 4.78 is 0. The fourth-order valence-electron chi connectivity index (χ4n) is 6.28. The second-order valence-corrected chi connectivity index (χ2v) is 8.96. The minimum atomic E-state index is -0.816. The van der Waals surface area contributed by atoms with E-state index in [-0.39, 0.29) is 5.78 Å². The van der Waals surface area contributed by atoms with Crippen molar-refractivity contribution in [2.75, 3.05) is 0 Å². The molecule has 27 heavy (non-hydrogen) atoms. The van der Waals surface area contributed by atoms with Gasteiger partial charge in [-0.3, -0.25) is 4.79 Å². The Labute approximate surface area is 158 Å². The molecule has 2 aromatic rings. The van der Waals surface area contributed by atoms with Crippen LogP contribution in [0.2, 0.25) is 0 Å². The maximum atomic E-state index is 13.5. The first kappa shape index (κ1) is 15.6. The molecular weight excluding hydrogens is 336 g/mol. The van der Waals surface area contributed by atoms with E-state index in [1.54, 1.807) is 0 Å². The Morgan fingerprint density at radius 3 is 2.26 bits per heavy atom. The highest BCUT2D eigenvalue weighted by Crippen LogP contribution is 2.50. The second-order valence-electron chi connectivity index (χ2n) is 8.96. The molecule has 3 heteroatoms. The van der Waals surface area contributed by atoms with Gasteiger partial charge in [-0.05, 0) is 103 Å². The number of carbonyl (C=O) groups is 2. The van der Waals surface area contributed by atoms with Crippen molar-refractivity contribution in [1.29, 1.82) is 0 Å². The van der Waals surface area contributed by atoms with Crippen LogP contribution in [0.1, 0.15) is 72.5 Å². The SMILES string of the molecule is O=C(O)c1c2c(cc3c1CC1(Cc4cc5c(cc4C1=O)CCC5)C3)CCC2. The number of benzene rings is 2. The van der Waals surface area contributed by atoms with Gasteiger partial charge >= 0.3 is 5.97 Å². The summed E-state index contributed by atoms with van der Waals surface area (Å²) in [4.78, 5) is 25.6. The van der Waals surface area contributed by atoms with E-state index < -0.39 is 11.4 Å². The third-order valence-corrected chi connectivity index (χ3v) is 7.43. The zero-order valence-corrected chi connectivity index (χ0v) is 15.4. The number of hydrogen-bond donors (Lipinski definition) is 1. The highest BCUT2D eigenvalue weighted by molar-refractivity contribution is 6.06. The number of carboxylic acid groups (broad SMARTS) is 1. The lowest BCUT2D eigenvalue weighted by Gasteiger charge is -2.20. The molecule has 1 atom stereocenters. The molecule has 0 fully saturated rings. The fourth-order valence-corrected chi connectivity index (χ4v) is 6.28. The molecule has 0 saturated carbocycles. The molecule has 1 N–H and O–H groups in total. The van der Waals surface area contributed by atoms with Gasteiger partial charge in [0.15, 0.2) is 5.78 Å². The first-order valence-corrected chi connectivity index (χ1v) is 10.1. The van der Waals surface area contributed by atoms with Gasteiger partial charge in [-0.15, -0.1) is 0 Å². The summed E-state index contributed by atoms with van der Waals surface area (Å²) >= 11 is 0. The summed E-state index contributed by atoms with van der Waals surface area (Å²) in [7, 11) is 0. The fraction of sp³-hybridized carbons (Fsp3) is 0.417. The van der Waals surface area contributed by atoms with E-state index in [0.717, 1.165) is 60.8 Å². The van der Waals surface area contributed by atoms with Crippen molar-refractivity contribution in [2.24, 2.45) is 5.41 Å². The number of aryl methyl sites for hydroxylation is 3. The lowest BCUT2D eigenvalue weighted by Crippen LogP contribution is -2.28. The Balaban J connectivity index is 1.46. The van der Waals surface area contributed by atoms with Crippen molar-refractivity contribution in [3.63, 3.8) is 0 Å². The van der Waals surface area contributed by atoms with Gasteiger partial charge in [0.05, 0.1) is 5.56 Å². The minimum absolute atomic E-state index is 0.250. The number of carboxylic acids is 1. The monoisotopic (exact) mass is 358 g/mol. The Hall–Kier alpha value is -2.42.